The number of aromatic nitrogens is 2. The summed E-state index contributed by atoms with van der Waals surface area (Å²) >= 11 is 1.32. The maximum atomic E-state index is 14.0. The van der Waals surface area contributed by atoms with Crippen LogP contribution >= 0.6 is 11.3 Å². The van der Waals surface area contributed by atoms with Crippen molar-refractivity contribution >= 4 is 44.9 Å². The Morgan fingerprint density at radius 2 is 1.79 bits per heavy atom. The van der Waals surface area contributed by atoms with E-state index in [2.05, 4.69) is 20.9 Å². The Morgan fingerprint density at radius 3 is 2.48 bits per heavy atom. The molecule has 52 heavy (non-hydrogen) atoms. The molecule has 13 heteroatoms. The summed E-state index contributed by atoms with van der Waals surface area (Å²) in [6, 6.07) is 11.5. The fraction of sp³-hybridized carbons (Fsp3) is 0.333. The average molecular weight is 726 g/mol. The third kappa shape index (κ3) is 7.00. The number of anilines is 2. The van der Waals surface area contributed by atoms with Crippen molar-refractivity contribution < 1.29 is 28.5 Å². The van der Waals surface area contributed by atoms with Gasteiger partial charge in [0.1, 0.15) is 11.8 Å². The highest BCUT2D eigenvalue weighted by atomic mass is 32.1. The molecule has 0 bridgehead atoms. The Morgan fingerprint density at radius 1 is 1.00 bits per heavy atom. The predicted octanol–water partition coefficient (Wildman–Crippen LogP) is 6.94. The summed E-state index contributed by atoms with van der Waals surface area (Å²) in [6.45, 7) is 5.41. The molecule has 3 aromatic carbocycles. The van der Waals surface area contributed by atoms with E-state index in [1.54, 1.807) is 40.6 Å². The monoisotopic (exact) mass is 725 g/mol. The maximum absolute atomic E-state index is 14.0. The minimum Gasteiger partial charge on any atom is -0.497 e. The lowest BCUT2D eigenvalue weighted by molar-refractivity contribution is -0.120. The molecule has 2 aromatic heterocycles. The summed E-state index contributed by atoms with van der Waals surface area (Å²) in [5.41, 5.74) is 5.46. The fourth-order valence-electron chi connectivity index (χ4n) is 6.77. The number of carbonyl (C=O) groups excluding carboxylic acids is 2. The van der Waals surface area contributed by atoms with Gasteiger partial charge in [-0.05, 0) is 71.8 Å². The fourth-order valence-corrected chi connectivity index (χ4v) is 7.49. The second-order valence-electron chi connectivity index (χ2n) is 12.7. The van der Waals surface area contributed by atoms with Crippen LogP contribution in [0.2, 0.25) is 0 Å². The number of nitrogens with zero attached hydrogens (tertiary/aromatic N) is 1. The largest absolute Gasteiger partial charge is 0.497 e. The minimum atomic E-state index is -0.762. The minimum absolute atomic E-state index is 0.145. The second kappa shape index (κ2) is 15.4. The first-order valence-electron chi connectivity index (χ1n) is 17.1. The molecular formula is C39H43N5O7S. The molecular weight excluding hydrogens is 683 g/mol. The normalized spacial score (nSPS) is 14.6. The number of rotatable bonds is 12. The van der Waals surface area contributed by atoms with Crippen LogP contribution in [0.25, 0.3) is 33.3 Å². The molecule has 272 valence electrons. The molecule has 3 atom stereocenters. The van der Waals surface area contributed by atoms with E-state index in [0.717, 1.165) is 33.3 Å². The molecule has 0 spiro atoms. The van der Waals surface area contributed by atoms with Gasteiger partial charge >= 0.3 is 0 Å². The highest BCUT2D eigenvalue weighted by molar-refractivity contribution is 7.14. The average Bonchev–Trinajstić information content (AvgIpc) is 3.71. The molecule has 0 saturated heterocycles. The standard InChI is InChI=1S/C39H43N5O7S/c1-8-20(2)35(38(47)44-39-43-31(19-52-39)27-18-40-28-13-10-23(48-4)16-25(27)28)42-30-14-11-24-26(17-32(30)46)29(41-21(3)45)12-9-22-15-33(49-5)36(50-6)37(51-7)34(22)24/h10-11,13-20,29,35,40H,8-9,12H2,1-7H3,(H,41,45)(H,42,46)(H,43,44,47)/t20-,29+,35+/m1/s1. The number of nitrogens with one attached hydrogen (secondary N) is 4. The van der Waals surface area contributed by atoms with Gasteiger partial charge in [0.2, 0.25) is 23.0 Å². The van der Waals surface area contributed by atoms with Gasteiger partial charge in [0, 0.05) is 40.5 Å². The van der Waals surface area contributed by atoms with Crippen molar-refractivity contribution in [1.29, 1.82) is 0 Å². The molecule has 6 rings (SSSR count). The van der Waals surface area contributed by atoms with Crippen LogP contribution in [-0.2, 0) is 16.0 Å². The van der Waals surface area contributed by atoms with Gasteiger partial charge in [0.15, 0.2) is 16.6 Å². The van der Waals surface area contributed by atoms with Crippen molar-refractivity contribution in [3.8, 4) is 45.4 Å². The number of amides is 2. The van der Waals surface area contributed by atoms with Crippen LogP contribution in [0, 0.1) is 5.92 Å². The molecule has 0 radical (unpaired) electrons. The second-order valence-corrected chi connectivity index (χ2v) is 13.6. The number of fused-ring (bicyclic) bond motifs is 4. The van der Waals surface area contributed by atoms with Crippen molar-refractivity contribution in [1.82, 2.24) is 15.3 Å². The Balaban J connectivity index is 1.36. The van der Waals surface area contributed by atoms with Crippen LogP contribution in [-0.4, -0.2) is 56.3 Å². The lowest BCUT2D eigenvalue weighted by Crippen LogP contribution is -2.40. The summed E-state index contributed by atoms with van der Waals surface area (Å²) < 4.78 is 22.6. The van der Waals surface area contributed by atoms with Gasteiger partial charge in [-0.2, -0.15) is 0 Å². The molecule has 1 aliphatic carbocycles. The van der Waals surface area contributed by atoms with E-state index in [9.17, 15) is 14.4 Å². The van der Waals surface area contributed by atoms with E-state index in [-0.39, 0.29) is 28.8 Å². The Hall–Kier alpha value is -5.56. The summed E-state index contributed by atoms with van der Waals surface area (Å²) in [7, 11) is 6.29. The first-order chi connectivity index (χ1) is 25.1. The zero-order valence-corrected chi connectivity index (χ0v) is 31.1. The zero-order valence-electron chi connectivity index (χ0n) is 30.3. The van der Waals surface area contributed by atoms with Crippen LogP contribution in [0.15, 0.2) is 58.8 Å². The van der Waals surface area contributed by atoms with Gasteiger partial charge in [0.25, 0.3) is 0 Å². The van der Waals surface area contributed by atoms with Crippen LogP contribution in [0.1, 0.15) is 50.8 Å². The topological polar surface area (TPSA) is 153 Å². The first kappa shape index (κ1) is 36.2. The number of carbonyl (C=O) groups is 2. The number of ether oxygens (including phenoxy) is 4. The van der Waals surface area contributed by atoms with Crippen LogP contribution in [0.4, 0.5) is 10.8 Å². The Labute approximate surface area is 305 Å². The SMILES string of the molecule is CC[C@@H](C)[C@H](Nc1ccc2c(cc1=O)[C@@H](NC(C)=O)CCc1cc(OC)c(OC)c(OC)c1-2)C(=O)Nc1nc(-c2c[nH]c3ccc(OC)cc23)cs1. The summed E-state index contributed by atoms with van der Waals surface area (Å²) in [5, 5.41) is 12.6. The molecule has 12 nitrogen and oxygen atoms in total. The Kier molecular flexibility index (Phi) is 10.7. The molecule has 0 unspecified atom stereocenters. The molecule has 4 N–H and O–H groups in total. The lowest BCUT2D eigenvalue weighted by Gasteiger charge is -2.23. The van der Waals surface area contributed by atoms with Crippen LogP contribution < -0.4 is 40.3 Å². The summed E-state index contributed by atoms with van der Waals surface area (Å²) in [4.78, 5) is 48.3. The third-order valence-electron chi connectivity index (χ3n) is 9.62. The van der Waals surface area contributed by atoms with Crippen molar-refractivity contribution in [2.45, 2.75) is 52.1 Å². The summed E-state index contributed by atoms with van der Waals surface area (Å²) in [5.74, 6) is 1.45. The quantitative estimate of drug-likeness (QED) is 0.107. The van der Waals surface area contributed by atoms with Gasteiger partial charge in [-0.25, -0.2) is 4.98 Å². The molecule has 0 aliphatic heterocycles. The highest BCUT2D eigenvalue weighted by Gasteiger charge is 2.31. The van der Waals surface area contributed by atoms with Crippen LogP contribution in [0.5, 0.6) is 23.0 Å². The lowest BCUT2D eigenvalue weighted by atomic mass is 9.95. The van der Waals surface area contributed by atoms with Gasteiger partial charge < -0.3 is 39.9 Å². The molecule has 2 amide bonds. The number of hydrogen-bond donors (Lipinski definition) is 4. The molecule has 0 saturated carbocycles. The smallest absolute Gasteiger partial charge is 0.248 e. The first-order valence-corrected chi connectivity index (χ1v) is 17.9. The number of aromatic amines is 1. The maximum Gasteiger partial charge on any atom is 0.248 e. The van der Waals surface area contributed by atoms with E-state index in [1.807, 2.05) is 55.8 Å². The van der Waals surface area contributed by atoms with Crippen LogP contribution in [0.3, 0.4) is 0 Å². The van der Waals surface area contributed by atoms with Crippen molar-refractivity contribution in [3.05, 3.63) is 75.4 Å². The van der Waals surface area contributed by atoms with Gasteiger partial charge in [-0.3, -0.25) is 14.4 Å². The highest BCUT2D eigenvalue weighted by Crippen LogP contribution is 2.50. The van der Waals surface area contributed by atoms with E-state index >= 15 is 0 Å². The summed E-state index contributed by atoms with van der Waals surface area (Å²) in [6.07, 6.45) is 3.67. The van der Waals surface area contributed by atoms with Crippen molar-refractivity contribution in [2.24, 2.45) is 5.92 Å². The number of aryl methyl sites for hydroxylation is 1. The molecule has 1 aliphatic rings. The molecule has 2 heterocycles. The van der Waals surface area contributed by atoms with E-state index in [0.29, 0.717) is 58.5 Å². The number of hydrogen-bond acceptors (Lipinski definition) is 10. The van der Waals surface area contributed by atoms with Gasteiger partial charge in [0.05, 0.1) is 45.9 Å². The molecule has 5 aromatic rings. The number of H-pyrrole nitrogens is 1. The Bertz CT molecular complexity index is 2200. The number of thiazole rings is 1. The van der Waals surface area contributed by atoms with Gasteiger partial charge in [-0.1, -0.05) is 26.3 Å². The third-order valence-corrected chi connectivity index (χ3v) is 10.4. The van der Waals surface area contributed by atoms with E-state index in [4.69, 9.17) is 23.9 Å². The number of benzene rings is 2. The zero-order chi connectivity index (χ0) is 37.1. The van der Waals surface area contributed by atoms with Crippen molar-refractivity contribution in [3.63, 3.8) is 0 Å². The van der Waals surface area contributed by atoms with Gasteiger partial charge in [-0.15, -0.1) is 11.3 Å². The van der Waals surface area contributed by atoms with E-state index in [1.165, 1.54) is 18.3 Å². The molecule has 0 fully saturated rings. The predicted molar refractivity (Wildman–Crippen MR) is 204 cm³/mol. The number of methoxy groups -OCH3 is 4. The van der Waals surface area contributed by atoms with Crippen molar-refractivity contribution in [2.75, 3.05) is 39.1 Å². The van der Waals surface area contributed by atoms with E-state index < -0.39 is 12.1 Å².